The smallest absolute Gasteiger partial charge is 0.0621 e. The van der Waals surface area contributed by atoms with Gasteiger partial charge in [-0.1, -0.05) is 89.0 Å². The van der Waals surface area contributed by atoms with Crippen molar-refractivity contribution in [3.05, 3.63) is 12.2 Å². The summed E-state index contributed by atoms with van der Waals surface area (Å²) in [6, 6.07) is 0. The second-order valence-corrected chi connectivity index (χ2v) is 5.19. The fraction of sp³-hybridized carbons (Fsp3) is 0.778. The zero-order valence-corrected chi connectivity index (χ0v) is 12.8. The van der Waals surface area contributed by atoms with Crippen molar-refractivity contribution in [2.75, 3.05) is 6.61 Å². The van der Waals surface area contributed by atoms with Gasteiger partial charge in [-0.25, -0.2) is 0 Å². The van der Waals surface area contributed by atoms with Gasteiger partial charge in [-0.15, -0.1) is 0 Å². The van der Waals surface area contributed by atoms with E-state index in [-0.39, 0.29) is 6.61 Å². The summed E-state index contributed by atoms with van der Waals surface area (Å²) in [5.41, 5.74) is 0. The van der Waals surface area contributed by atoms with Crippen molar-refractivity contribution in [1.29, 1.82) is 0 Å². The van der Waals surface area contributed by atoms with Crippen molar-refractivity contribution in [3.63, 3.8) is 0 Å². The highest BCUT2D eigenvalue weighted by molar-refractivity contribution is 5.14. The summed E-state index contributed by atoms with van der Waals surface area (Å²) in [6.07, 6.45) is 19.6. The summed E-state index contributed by atoms with van der Waals surface area (Å²) in [5.74, 6) is 6.03. The average molecular weight is 264 g/mol. The van der Waals surface area contributed by atoms with Gasteiger partial charge in [0.2, 0.25) is 0 Å². The molecule has 0 aliphatic rings. The molecule has 0 aromatic rings. The minimum absolute atomic E-state index is 0.0904. The average Bonchev–Trinajstić information content (AvgIpc) is 2.43. The van der Waals surface area contributed by atoms with E-state index in [4.69, 9.17) is 5.11 Å². The lowest BCUT2D eigenvalue weighted by Crippen LogP contribution is -1.82. The van der Waals surface area contributed by atoms with Crippen molar-refractivity contribution < 1.29 is 5.11 Å². The van der Waals surface area contributed by atoms with Crippen LogP contribution in [0.5, 0.6) is 0 Å². The minimum atomic E-state index is 0.0904. The number of allylic oxidation sites excluding steroid dienone is 1. The van der Waals surface area contributed by atoms with Gasteiger partial charge in [-0.2, -0.15) is 0 Å². The summed E-state index contributed by atoms with van der Waals surface area (Å²) in [4.78, 5) is 0. The molecule has 19 heavy (non-hydrogen) atoms. The predicted octanol–water partition coefficient (Wildman–Crippen LogP) is 5.24. The summed E-state index contributed by atoms with van der Waals surface area (Å²) in [5, 5.41) is 8.52. The largest absolute Gasteiger partial charge is 0.392 e. The lowest BCUT2D eigenvalue weighted by atomic mass is 10.1. The fourth-order valence-corrected chi connectivity index (χ4v) is 2.12. The van der Waals surface area contributed by atoms with Crippen LogP contribution < -0.4 is 0 Å². The van der Waals surface area contributed by atoms with Gasteiger partial charge in [0, 0.05) is 6.42 Å². The number of rotatable bonds is 12. The molecule has 0 radical (unpaired) electrons. The maximum Gasteiger partial charge on any atom is 0.0621 e. The third-order valence-corrected chi connectivity index (χ3v) is 3.31. The molecule has 0 aliphatic heterocycles. The molecule has 0 spiro atoms. The van der Waals surface area contributed by atoms with Crippen LogP contribution in [0.15, 0.2) is 12.2 Å². The summed E-state index contributed by atoms with van der Waals surface area (Å²) >= 11 is 0. The molecule has 0 bridgehead atoms. The monoisotopic (exact) mass is 264 g/mol. The van der Waals surface area contributed by atoms with Crippen molar-refractivity contribution in [3.8, 4) is 11.8 Å². The molecule has 0 aromatic carbocycles. The van der Waals surface area contributed by atoms with Crippen LogP contribution in [0.2, 0.25) is 0 Å². The maximum atomic E-state index is 8.52. The Hall–Kier alpha value is -0.740. The van der Waals surface area contributed by atoms with E-state index in [2.05, 4.69) is 18.8 Å². The van der Waals surface area contributed by atoms with Gasteiger partial charge in [0.25, 0.3) is 0 Å². The minimum Gasteiger partial charge on any atom is -0.392 e. The van der Waals surface area contributed by atoms with E-state index in [9.17, 15) is 0 Å². The second kappa shape index (κ2) is 17.3. The first-order valence-electron chi connectivity index (χ1n) is 8.16. The number of aliphatic hydroxyl groups is 1. The highest BCUT2D eigenvalue weighted by Gasteiger charge is 1.92. The van der Waals surface area contributed by atoms with Gasteiger partial charge in [0.1, 0.15) is 0 Å². The van der Waals surface area contributed by atoms with Gasteiger partial charge in [0.15, 0.2) is 0 Å². The van der Waals surface area contributed by atoms with Crippen molar-refractivity contribution in [2.24, 2.45) is 0 Å². The molecule has 1 nitrogen and oxygen atoms in total. The molecule has 0 heterocycles. The van der Waals surface area contributed by atoms with Crippen LogP contribution in [-0.4, -0.2) is 11.7 Å². The topological polar surface area (TPSA) is 20.2 Å². The summed E-state index contributed by atoms with van der Waals surface area (Å²) in [7, 11) is 0. The highest BCUT2D eigenvalue weighted by atomic mass is 16.2. The molecule has 0 unspecified atom stereocenters. The van der Waals surface area contributed by atoms with Crippen molar-refractivity contribution in [2.45, 2.75) is 84.0 Å². The molecule has 0 aromatic heterocycles. The Morgan fingerprint density at radius 2 is 1.32 bits per heavy atom. The molecule has 0 saturated heterocycles. The molecule has 0 fully saturated rings. The van der Waals surface area contributed by atoms with Gasteiger partial charge in [0.05, 0.1) is 6.61 Å². The van der Waals surface area contributed by atoms with E-state index in [0.717, 1.165) is 6.42 Å². The van der Waals surface area contributed by atoms with Crippen molar-refractivity contribution in [1.82, 2.24) is 0 Å². The third-order valence-electron chi connectivity index (χ3n) is 3.31. The van der Waals surface area contributed by atoms with E-state index in [1.165, 1.54) is 70.6 Å². The molecule has 0 atom stereocenters. The van der Waals surface area contributed by atoms with E-state index in [1.807, 2.05) is 0 Å². The number of unbranched alkanes of at least 4 members (excludes halogenated alkanes) is 11. The Bertz CT molecular complexity index is 244. The summed E-state index contributed by atoms with van der Waals surface area (Å²) < 4.78 is 0. The van der Waals surface area contributed by atoms with Gasteiger partial charge < -0.3 is 5.11 Å². The lowest BCUT2D eigenvalue weighted by Gasteiger charge is -2.01. The molecule has 0 amide bonds. The molecule has 1 heteroatoms. The quantitative estimate of drug-likeness (QED) is 0.377. The summed E-state index contributed by atoms with van der Waals surface area (Å²) in [6.45, 7) is 2.36. The third kappa shape index (κ3) is 17.3. The van der Waals surface area contributed by atoms with Crippen LogP contribution in [0.4, 0.5) is 0 Å². The van der Waals surface area contributed by atoms with Crippen LogP contribution >= 0.6 is 0 Å². The van der Waals surface area contributed by atoms with E-state index < -0.39 is 0 Å². The zero-order chi connectivity index (χ0) is 14.0. The molecular formula is C18H32O. The predicted molar refractivity (Wildman–Crippen MR) is 85.1 cm³/mol. The van der Waals surface area contributed by atoms with Gasteiger partial charge in [-0.3, -0.25) is 0 Å². The first-order valence-corrected chi connectivity index (χ1v) is 8.16. The number of hydrogen-bond acceptors (Lipinski definition) is 1. The SMILES string of the molecule is CCCCCCCCCCCCCC#CC=CCO. The first-order chi connectivity index (χ1) is 9.41. The standard InChI is InChI=1S/C18H32O/c1-2-3-4-5-6-7-8-9-10-11-12-13-14-15-16-17-18-19/h16-17,19H,2-13,18H2,1H3. The number of aliphatic hydroxyl groups excluding tert-OH is 1. The first kappa shape index (κ1) is 18.3. The zero-order valence-electron chi connectivity index (χ0n) is 12.8. The second-order valence-electron chi connectivity index (χ2n) is 5.19. The fourth-order valence-electron chi connectivity index (χ4n) is 2.12. The van der Waals surface area contributed by atoms with Crippen LogP contribution in [0.3, 0.4) is 0 Å². The lowest BCUT2D eigenvalue weighted by molar-refractivity contribution is 0.343. The Balaban J connectivity index is 3.06. The van der Waals surface area contributed by atoms with E-state index in [1.54, 1.807) is 12.2 Å². The molecule has 0 aliphatic carbocycles. The van der Waals surface area contributed by atoms with Crippen LogP contribution in [-0.2, 0) is 0 Å². The Morgan fingerprint density at radius 1 is 0.789 bits per heavy atom. The Morgan fingerprint density at radius 3 is 1.84 bits per heavy atom. The highest BCUT2D eigenvalue weighted by Crippen LogP contribution is 2.11. The van der Waals surface area contributed by atoms with Crippen LogP contribution in [0.25, 0.3) is 0 Å². The van der Waals surface area contributed by atoms with Gasteiger partial charge >= 0.3 is 0 Å². The molecule has 110 valence electrons. The molecular weight excluding hydrogens is 232 g/mol. The normalized spacial score (nSPS) is 10.6. The van der Waals surface area contributed by atoms with Crippen LogP contribution in [0.1, 0.15) is 84.0 Å². The number of hydrogen-bond donors (Lipinski definition) is 1. The van der Waals surface area contributed by atoms with Gasteiger partial charge in [-0.05, 0) is 12.5 Å². The van der Waals surface area contributed by atoms with E-state index >= 15 is 0 Å². The molecule has 0 saturated carbocycles. The molecule has 0 rings (SSSR count). The van der Waals surface area contributed by atoms with Crippen LogP contribution in [0, 0.1) is 11.8 Å². The van der Waals surface area contributed by atoms with Crippen molar-refractivity contribution >= 4 is 0 Å². The Kier molecular flexibility index (Phi) is 16.6. The molecule has 1 N–H and O–H groups in total. The maximum absolute atomic E-state index is 8.52. The van der Waals surface area contributed by atoms with E-state index in [0.29, 0.717) is 0 Å². The Labute approximate surface area is 120 Å².